The van der Waals surface area contributed by atoms with E-state index in [0.29, 0.717) is 18.5 Å². The highest BCUT2D eigenvalue weighted by molar-refractivity contribution is 5.91. The first-order valence-corrected chi connectivity index (χ1v) is 5.94. The molecule has 0 spiro atoms. The summed E-state index contributed by atoms with van der Waals surface area (Å²) in [5, 5.41) is 2.71. The molecule has 1 amide bonds. The Hall–Kier alpha value is -2.43. The third-order valence-electron chi connectivity index (χ3n) is 2.55. The summed E-state index contributed by atoms with van der Waals surface area (Å²) in [5.74, 6) is -0.595. The van der Waals surface area contributed by atoms with E-state index in [9.17, 15) is 9.18 Å². The summed E-state index contributed by atoms with van der Waals surface area (Å²) >= 11 is 0. The van der Waals surface area contributed by atoms with Gasteiger partial charge < -0.3 is 10.3 Å². The van der Waals surface area contributed by atoms with Gasteiger partial charge >= 0.3 is 0 Å². The van der Waals surface area contributed by atoms with Crippen molar-refractivity contribution in [3.05, 3.63) is 59.9 Å². The second-order valence-electron chi connectivity index (χ2n) is 3.96. The van der Waals surface area contributed by atoms with Crippen LogP contribution in [-0.2, 0) is 11.2 Å². The highest BCUT2D eigenvalue weighted by Gasteiger charge is 1.99. The molecule has 1 aromatic heterocycles. The standard InChI is InChI=1S/C14H14FN3O/c15-13-4-2-1-3-11(13)5-6-14(19)17-8-7-12-9-16-10-18-12/h1-6,9-10H,7-8H2,(H,16,18)(H,17,19). The number of amides is 1. The summed E-state index contributed by atoms with van der Waals surface area (Å²) in [6.45, 7) is 0.491. The summed E-state index contributed by atoms with van der Waals surface area (Å²) in [6, 6.07) is 6.30. The van der Waals surface area contributed by atoms with Crippen LogP contribution in [0, 0.1) is 5.82 Å². The molecule has 0 saturated carbocycles. The van der Waals surface area contributed by atoms with E-state index < -0.39 is 0 Å². The normalized spacial score (nSPS) is 10.8. The van der Waals surface area contributed by atoms with Gasteiger partial charge in [0.15, 0.2) is 0 Å². The van der Waals surface area contributed by atoms with Crippen molar-refractivity contribution >= 4 is 12.0 Å². The molecular weight excluding hydrogens is 245 g/mol. The molecule has 0 aliphatic rings. The molecule has 0 bridgehead atoms. The van der Waals surface area contributed by atoms with Crippen molar-refractivity contribution in [2.75, 3.05) is 6.54 Å². The van der Waals surface area contributed by atoms with Gasteiger partial charge in [0.1, 0.15) is 5.82 Å². The Morgan fingerprint density at radius 3 is 3.00 bits per heavy atom. The van der Waals surface area contributed by atoms with E-state index in [-0.39, 0.29) is 11.7 Å². The molecule has 0 aliphatic heterocycles. The van der Waals surface area contributed by atoms with Crippen molar-refractivity contribution in [2.45, 2.75) is 6.42 Å². The lowest BCUT2D eigenvalue weighted by atomic mass is 10.2. The molecule has 98 valence electrons. The fourth-order valence-corrected chi connectivity index (χ4v) is 1.58. The van der Waals surface area contributed by atoms with Crippen molar-refractivity contribution < 1.29 is 9.18 Å². The van der Waals surface area contributed by atoms with Gasteiger partial charge in [-0.2, -0.15) is 0 Å². The SMILES string of the molecule is O=C(C=Cc1ccccc1F)NCCc1c[nH]cn1. The number of hydrogen-bond acceptors (Lipinski definition) is 2. The molecule has 2 aromatic rings. The summed E-state index contributed by atoms with van der Waals surface area (Å²) in [4.78, 5) is 18.4. The number of halogens is 1. The Morgan fingerprint density at radius 1 is 1.42 bits per heavy atom. The van der Waals surface area contributed by atoms with E-state index in [1.165, 1.54) is 18.2 Å². The first kappa shape index (κ1) is 13.0. The van der Waals surface area contributed by atoms with Gasteiger partial charge in [-0.15, -0.1) is 0 Å². The predicted octanol–water partition coefficient (Wildman–Crippen LogP) is 1.92. The van der Waals surface area contributed by atoms with E-state index in [1.54, 1.807) is 30.7 Å². The molecule has 0 radical (unpaired) electrons. The molecule has 19 heavy (non-hydrogen) atoms. The van der Waals surface area contributed by atoms with Crippen LogP contribution in [0.25, 0.3) is 6.08 Å². The van der Waals surface area contributed by atoms with Crippen LogP contribution in [0.3, 0.4) is 0 Å². The highest BCUT2D eigenvalue weighted by Crippen LogP contribution is 2.07. The summed E-state index contributed by atoms with van der Waals surface area (Å²) in [6.07, 6.45) is 6.81. The van der Waals surface area contributed by atoms with Crippen molar-refractivity contribution in [1.82, 2.24) is 15.3 Å². The minimum absolute atomic E-state index is 0.251. The van der Waals surface area contributed by atoms with Crippen LogP contribution >= 0.6 is 0 Å². The van der Waals surface area contributed by atoms with Crippen LogP contribution < -0.4 is 5.32 Å². The molecule has 1 aromatic carbocycles. The van der Waals surface area contributed by atoms with Gasteiger partial charge in [0.25, 0.3) is 0 Å². The zero-order valence-corrected chi connectivity index (χ0v) is 10.3. The maximum absolute atomic E-state index is 13.3. The molecule has 0 saturated heterocycles. The number of benzene rings is 1. The molecule has 0 fully saturated rings. The third kappa shape index (κ3) is 4.06. The van der Waals surface area contributed by atoms with Crippen LogP contribution in [0.5, 0.6) is 0 Å². The van der Waals surface area contributed by atoms with E-state index in [4.69, 9.17) is 0 Å². The molecule has 0 aliphatic carbocycles. The zero-order chi connectivity index (χ0) is 13.5. The Kier molecular flexibility index (Phi) is 4.44. The zero-order valence-electron chi connectivity index (χ0n) is 10.3. The van der Waals surface area contributed by atoms with Crippen LogP contribution in [0.1, 0.15) is 11.3 Å². The van der Waals surface area contributed by atoms with Crippen molar-refractivity contribution in [2.24, 2.45) is 0 Å². The van der Waals surface area contributed by atoms with E-state index in [2.05, 4.69) is 15.3 Å². The Bertz CT molecular complexity index is 564. The van der Waals surface area contributed by atoms with Crippen LogP contribution in [-0.4, -0.2) is 22.4 Å². The molecule has 2 N–H and O–H groups in total. The van der Waals surface area contributed by atoms with Gasteiger partial charge in [-0.05, 0) is 12.1 Å². The molecule has 5 heteroatoms. The Labute approximate surface area is 110 Å². The number of aromatic nitrogens is 2. The van der Waals surface area contributed by atoms with Crippen molar-refractivity contribution in [3.8, 4) is 0 Å². The molecule has 4 nitrogen and oxygen atoms in total. The number of carbonyl (C=O) groups is 1. The van der Waals surface area contributed by atoms with Gasteiger partial charge in [0, 0.05) is 30.8 Å². The second kappa shape index (κ2) is 6.49. The topological polar surface area (TPSA) is 57.8 Å². The maximum Gasteiger partial charge on any atom is 0.244 e. The van der Waals surface area contributed by atoms with Gasteiger partial charge in [-0.1, -0.05) is 18.2 Å². The smallest absolute Gasteiger partial charge is 0.244 e. The minimum Gasteiger partial charge on any atom is -0.352 e. The number of nitrogens with zero attached hydrogens (tertiary/aromatic N) is 1. The predicted molar refractivity (Wildman–Crippen MR) is 70.7 cm³/mol. The average Bonchev–Trinajstić information content (AvgIpc) is 2.91. The molecule has 1 heterocycles. The maximum atomic E-state index is 13.3. The third-order valence-corrected chi connectivity index (χ3v) is 2.55. The van der Waals surface area contributed by atoms with Gasteiger partial charge in [-0.25, -0.2) is 9.37 Å². The number of imidazole rings is 1. The van der Waals surface area contributed by atoms with Crippen LogP contribution in [0.15, 0.2) is 42.9 Å². The Balaban J connectivity index is 1.79. The second-order valence-corrected chi connectivity index (χ2v) is 3.96. The van der Waals surface area contributed by atoms with Crippen molar-refractivity contribution in [3.63, 3.8) is 0 Å². The summed E-state index contributed by atoms with van der Waals surface area (Å²) in [5.41, 5.74) is 1.28. The largest absolute Gasteiger partial charge is 0.352 e. The number of carbonyl (C=O) groups excluding carboxylic acids is 1. The number of aromatic amines is 1. The van der Waals surface area contributed by atoms with Crippen molar-refractivity contribution in [1.29, 1.82) is 0 Å². The quantitative estimate of drug-likeness (QED) is 0.806. The molecular formula is C14H14FN3O. The first-order valence-electron chi connectivity index (χ1n) is 5.94. The lowest BCUT2D eigenvalue weighted by Crippen LogP contribution is -2.23. The Morgan fingerprint density at radius 2 is 2.26 bits per heavy atom. The first-order chi connectivity index (χ1) is 9.25. The van der Waals surface area contributed by atoms with E-state index in [1.807, 2.05) is 0 Å². The van der Waals surface area contributed by atoms with Crippen LogP contribution in [0.4, 0.5) is 4.39 Å². The van der Waals surface area contributed by atoms with Gasteiger partial charge in [0.2, 0.25) is 5.91 Å². The number of rotatable bonds is 5. The van der Waals surface area contributed by atoms with Gasteiger partial charge in [-0.3, -0.25) is 4.79 Å². The monoisotopic (exact) mass is 259 g/mol. The fraction of sp³-hybridized carbons (Fsp3) is 0.143. The molecule has 0 atom stereocenters. The number of H-pyrrole nitrogens is 1. The summed E-state index contributed by atoms with van der Waals surface area (Å²) in [7, 11) is 0. The van der Waals surface area contributed by atoms with Gasteiger partial charge in [0.05, 0.1) is 12.0 Å². The van der Waals surface area contributed by atoms with Crippen LogP contribution in [0.2, 0.25) is 0 Å². The minimum atomic E-state index is -0.344. The molecule has 2 rings (SSSR count). The fourth-order valence-electron chi connectivity index (χ4n) is 1.58. The lowest BCUT2D eigenvalue weighted by molar-refractivity contribution is -0.116. The van der Waals surface area contributed by atoms with E-state index in [0.717, 1.165) is 5.69 Å². The average molecular weight is 259 g/mol. The number of hydrogen-bond donors (Lipinski definition) is 2. The van der Waals surface area contributed by atoms with E-state index >= 15 is 0 Å². The lowest BCUT2D eigenvalue weighted by Gasteiger charge is -2.00. The number of nitrogens with one attached hydrogen (secondary N) is 2. The highest BCUT2D eigenvalue weighted by atomic mass is 19.1. The summed E-state index contributed by atoms with van der Waals surface area (Å²) < 4.78 is 13.3. The molecule has 0 unspecified atom stereocenters.